The summed E-state index contributed by atoms with van der Waals surface area (Å²) in [6, 6.07) is 7.45. The molecule has 6 nitrogen and oxygen atoms in total. The lowest BCUT2D eigenvalue weighted by Gasteiger charge is -2.46. The van der Waals surface area contributed by atoms with E-state index in [4.69, 9.17) is 10.2 Å². The molecule has 0 radical (unpaired) electrons. The Morgan fingerprint density at radius 1 is 1.22 bits per heavy atom. The van der Waals surface area contributed by atoms with Crippen molar-refractivity contribution in [2.75, 3.05) is 0 Å². The molecule has 2 aromatic heterocycles. The first kappa shape index (κ1) is 16.9. The van der Waals surface area contributed by atoms with E-state index in [1.807, 2.05) is 24.4 Å². The summed E-state index contributed by atoms with van der Waals surface area (Å²) in [6.45, 7) is 0. The van der Waals surface area contributed by atoms with Crippen LogP contribution in [0.5, 0.6) is 0 Å². The number of carbonyl (C=O) groups is 1. The third-order valence-electron chi connectivity index (χ3n) is 6.22. The molecule has 2 aliphatic rings. The van der Waals surface area contributed by atoms with Crippen LogP contribution >= 0.6 is 10.6 Å². The maximum Gasteiger partial charge on any atom is 0.250 e. The van der Waals surface area contributed by atoms with Crippen molar-refractivity contribution in [1.82, 2.24) is 4.98 Å². The quantitative estimate of drug-likeness (QED) is 0.523. The third kappa shape index (κ3) is 2.53. The number of fused-ring (bicyclic) bond motifs is 3. The SMILES string of the molecule is NC(=O)c1cc(-c2ccco2)cc2c([C@H]3C[C@H]4CC[C@@H](C3)S4(O)O)c[nH]c12. The van der Waals surface area contributed by atoms with Gasteiger partial charge >= 0.3 is 0 Å². The van der Waals surface area contributed by atoms with Crippen LogP contribution < -0.4 is 5.73 Å². The zero-order valence-electron chi connectivity index (χ0n) is 14.7. The molecule has 3 atom stereocenters. The number of nitrogens with two attached hydrogens (primary N) is 1. The van der Waals surface area contributed by atoms with Gasteiger partial charge in [-0.2, -0.15) is 10.6 Å². The Hall–Kier alpha value is -2.22. The number of aromatic amines is 1. The predicted molar refractivity (Wildman–Crippen MR) is 106 cm³/mol. The summed E-state index contributed by atoms with van der Waals surface area (Å²) in [7, 11) is -2.47. The molecule has 2 bridgehead atoms. The standard InChI is InChI=1S/C20H22N2O4S/c21-20(23)16-9-12(18-2-1-5-26-18)8-15-17(10-22-19(15)16)11-6-13-3-4-14(7-11)27(13,24)25/h1-2,5,8-11,13-14,22,24-25H,3-4,6-7H2,(H2,21,23)/t11-,13+,14-. The summed E-state index contributed by atoms with van der Waals surface area (Å²) in [5, 5.41) is 0.922. The largest absolute Gasteiger partial charge is 0.464 e. The van der Waals surface area contributed by atoms with E-state index in [1.54, 1.807) is 12.3 Å². The van der Waals surface area contributed by atoms with Crippen LogP contribution in [-0.4, -0.2) is 30.5 Å². The molecule has 1 amide bonds. The Balaban J connectivity index is 1.63. The van der Waals surface area contributed by atoms with Gasteiger partial charge in [0.2, 0.25) is 0 Å². The topological polar surface area (TPSA) is 112 Å². The molecule has 0 aliphatic carbocycles. The number of benzene rings is 1. The first-order valence-electron chi connectivity index (χ1n) is 9.19. The zero-order valence-corrected chi connectivity index (χ0v) is 15.5. The fourth-order valence-corrected chi connectivity index (χ4v) is 7.41. The number of hydrogen-bond acceptors (Lipinski definition) is 4. The highest BCUT2D eigenvalue weighted by molar-refractivity contribution is 8.25. The summed E-state index contributed by atoms with van der Waals surface area (Å²) >= 11 is 0. The molecular formula is C20H22N2O4S. The van der Waals surface area contributed by atoms with Gasteiger partial charge in [-0.15, -0.1) is 0 Å². The molecule has 0 unspecified atom stereocenters. The summed E-state index contributed by atoms with van der Waals surface area (Å²) in [6.07, 6.45) is 6.85. The molecular weight excluding hydrogens is 364 g/mol. The van der Waals surface area contributed by atoms with Gasteiger partial charge in [0, 0.05) is 27.6 Å². The van der Waals surface area contributed by atoms with Gasteiger partial charge in [-0.05, 0) is 61.4 Å². The van der Waals surface area contributed by atoms with E-state index in [-0.39, 0.29) is 16.4 Å². The van der Waals surface area contributed by atoms with E-state index in [9.17, 15) is 13.9 Å². The van der Waals surface area contributed by atoms with Gasteiger partial charge in [0.25, 0.3) is 5.91 Å². The number of nitrogens with one attached hydrogen (secondary N) is 1. The van der Waals surface area contributed by atoms with Gasteiger partial charge in [0.1, 0.15) is 5.76 Å². The minimum absolute atomic E-state index is 0.0185. The lowest BCUT2D eigenvalue weighted by Crippen LogP contribution is -2.28. The molecule has 3 aromatic rings. The van der Waals surface area contributed by atoms with Gasteiger partial charge in [0.05, 0.1) is 17.3 Å². The first-order chi connectivity index (χ1) is 12.9. The minimum Gasteiger partial charge on any atom is -0.464 e. The molecule has 142 valence electrons. The van der Waals surface area contributed by atoms with Crippen LogP contribution in [0.1, 0.15) is 47.5 Å². The van der Waals surface area contributed by atoms with E-state index in [0.29, 0.717) is 11.3 Å². The van der Waals surface area contributed by atoms with Crippen molar-refractivity contribution in [3.8, 4) is 11.3 Å². The summed E-state index contributed by atoms with van der Waals surface area (Å²) < 4.78 is 26.4. The highest BCUT2D eigenvalue weighted by Gasteiger charge is 2.47. The zero-order chi connectivity index (χ0) is 18.8. The van der Waals surface area contributed by atoms with Gasteiger partial charge in [-0.3, -0.25) is 13.9 Å². The molecule has 2 aliphatic heterocycles. The van der Waals surface area contributed by atoms with Gasteiger partial charge in [0.15, 0.2) is 0 Å². The average Bonchev–Trinajstić information content (AvgIpc) is 3.31. The van der Waals surface area contributed by atoms with Crippen LogP contribution in [0, 0.1) is 0 Å². The Morgan fingerprint density at radius 3 is 2.59 bits per heavy atom. The van der Waals surface area contributed by atoms with Crippen molar-refractivity contribution in [3.05, 3.63) is 47.9 Å². The molecule has 7 heteroatoms. The second-order valence-corrected chi connectivity index (χ2v) is 10.3. The summed E-state index contributed by atoms with van der Waals surface area (Å²) in [5.41, 5.74) is 8.73. The molecule has 0 spiro atoms. The molecule has 0 saturated carbocycles. The van der Waals surface area contributed by atoms with Crippen LogP contribution in [0.3, 0.4) is 0 Å². The number of carbonyl (C=O) groups excluding carboxylic acids is 1. The molecule has 2 saturated heterocycles. The number of H-pyrrole nitrogens is 1. The average molecular weight is 386 g/mol. The number of furan rings is 1. The lowest BCUT2D eigenvalue weighted by atomic mass is 9.89. The van der Waals surface area contributed by atoms with Gasteiger partial charge in [-0.1, -0.05) is 0 Å². The maximum atomic E-state index is 12.0. The van der Waals surface area contributed by atoms with Crippen molar-refractivity contribution in [2.24, 2.45) is 5.73 Å². The van der Waals surface area contributed by atoms with Crippen molar-refractivity contribution >= 4 is 27.4 Å². The van der Waals surface area contributed by atoms with Crippen LogP contribution in [0.15, 0.2) is 41.1 Å². The van der Waals surface area contributed by atoms with E-state index in [0.717, 1.165) is 47.7 Å². The Bertz CT molecular complexity index is 1010. The van der Waals surface area contributed by atoms with Gasteiger partial charge in [-0.25, -0.2) is 0 Å². The Morgan fingerprint density at radius 2 is 1.96 bits per heavy atom. The maximum absolute atomic E-state index is 12.0. The molecule has 2 fully saturated rings. The van der Waals surface area contributed by atoms with E-state index in [1.165, 1.54) is 0 Å². The van der Waals surface area contributed by atoms with Crippen molar-refractivity contribution in [1.29, 1.82) is 0 Å². The predicted octanol–water partition coefficient (Wildman–Crippen LogP) is 4.69. The summed E-state index contributed by atoms with van der Waals surface area (Å²) in [5.74, 6) is 0.438. The van der Waals surface area contributed by atoms with Crippen LogP contribution in [-0.2, 0) is 0 Å². The number of rotatable bonds is 3. The fourth-order valence-electron chi connectivity index (χ4n) is 4.86. The van der Waals surface area contributed by atoms with Crippen LogP contribution in [0.2, 0.25) is 0 Å². The second kappa shape index (κ2) is 5.89. The molecule has 5 rings (SSSR count). The molecule has 27 heavy (non-hydrogen) atoms. The van der Waals surface area contributed by atoms with Crippen molar-refractivity contribution in [2.45, 2.75) is 42.1 Å². The minimum atomic E-state index is -2.47. The first-order valence-corrected chi connectivity index (χ1v) is 10.9. The number of hydrogen-bond donors (Lipinski definition) is 4. The van der Waals surface area contributed by atoms with Crippen molar-refractivity contribution < 1.29 is 18.3 Å². The Labute approximate surface area is 158 Å². The molecule has 1 aromatic carbocycles. The summed E-state index contributed by atoms with van der Waals surface area (Å²) in [4.78, 5) is 15.3. The van der Waals surface area contributed by atoms with E-state index < -0.39 is 16.5 Å². The monoisotopic (exact) mass is 386 g/mol. The van der Waals surface area contributed by atoms with Crippen LogP contribution in [0.4, 0.5) is 0 Å². The number of aromatic nitrogens is 1. The van der Waals surface area contributed by atoms with E-state index in [2.05, 4.69) is 4.98 Å². The fraction of sp³-hybridized carbons (Fsp3) is 0.350. The number of primary amides is 1. The smallest absolute Gasteiger partial charge is 0.250 e. The van der Waals surface area contributed by atoms with Crippen molar-refractivity contribution in [3.63, 3.8) is 0 Å². The van der Waals surface area contributed by atoms with E-state index >= 15 is 0 Å². The highest BCUT2D eigenvalue weighted by Crippen LogP contribution is 2.66. The molecule has 5 N–H and O–H groups in total. The molecule has 4 heterocycles. The third-order valence-corrected chi connectivity index (χ3v) is 9.04. The lowest BCUT2D eigenvalue weighted by molar-refractivity contribution is 0.100. The normalized spacial score (nSPS) is 27.7. The van der Waals surface area contributed by atoms with Crippen LogP contribution in [0.25, 0.3) is 22.2 Å². The number of amides is 1. The van der Waals surface area contributed by atoms with Gasteiger partial charge < -0.3 is 15.1 Å². The second-order valence-electron chi connectivity index (χ2n) is 7.66. The highest BCUT2D eigenvalue weighted by atomic mass is 32.3. The Kier molecular flexibility index (Phi) is 3.69.